The van der Waals surface area contributed by atoms with E-state index in [-0.39, 0.29) is 9.76 Å². The van der Waals surface area contributed by atoms with Gasteiger partial charge in [-0.25, -0.2) is 9.97 Å². The molecule has 7 heteroatoms. The average molecular weight is 273 g/mol. The van der Waals surface area contributed by atoms with Gasteiger partial charge in [-0.1, -0.05) is 11.8 Å². The van der Waals surface area contributed by atoms with Crippen LogP contribution in [0.2, 0.25) is 0 Å². The van der Waals surface area contributed by atoms with Gasteiger partial charge >= 0.3 is 6.18 Å². The summed E-state index contributed by atoms with van der Waals surface area (Å²) in [5.74, 6) is 0. The Morgan fingerprint density at radius 3 is 2.46 bits per heavy atom. The highest BCUT2D eigenvalue weighted by molar-refractivity contribution is 9.10. The number of alkyl halides is 3. The van der Waals surface area contributed by atoms with Crippen LogP contribution in [0, 0.1) is 0 Å². The summed E-state index contributed by atoms with van der Waals surface area (Å²) < 4.78 is 36.6. The number of hydrogen-bond acceptors (Lipinski definition) is 3. The second-order valence-electron chi connectivity index (χ2n) is 2.06. The fraction of sp³-hybridized carbons (Fsp3) is 0.333. The molecule has 1 rings (SSSR count). The third-order valence-corrected chi connectivity index (χ3v) is 2.10. The smallest absolute Gasteiger partial charge is 0.218 e. The van der Waals surface area contributed by atoms with Crippen molar-refractivity contribution in [2.75, 3.05) is 6.26 Å². The summed E-state index contributed by atoms with van der Waals surface area (Å²) in [6, 6.07) is 0.847. The van der Waals surface area contributed by atoms with Crippen LogP contribution in [0.1, 0.15) is 5.69 Å². The van der Waals surface area contributed by atoms with E-state index in [9.17, 15) is 13.2 Å². The molecule has 0 spiro atoms. The van der Waals surface area contributed by atoms with E-state index in [4.69, 9.17) is 0 Å². The second kappa shape index (κ2) is 3.83. The first-order valence-corrected chi connectivity index (χ1v) is 5.11. The molecule has 0 amide bonds. The topological polar surface area (TPSA) is 25.8 Å². The molecule has 0 fully saturated rings. The lowest BCUT2D eigenvalue weighted by molar-refractivity contribution is -0.141. The third kappa shape index (κ3) is 2.84. The van der Waals surface area contributed by atoms with Crippen molar-refractivity contribution in [3.8, 4) is 0 Å². The van der Waals surface area contributed by atoms with Gasteiger partial charge in [0.2, 0.25) is 0 Å². The molecule has 72 valence electrons. The Bertz CT molecular complexity index is 315. The molecule has 0 bridgehead atoms. The Morgan fingerprint density at radius 1 is 1.38 bits per heavy atom. The monoisotopic (exact) mass is 272 g/mol. The van der Waals surface area contributed by atoms with E-state index in [1.165, 1.54) is 0 Å². The molecule has 1 aromatic heterocycles. The van der Waals surface area contributed by atoms with Crippen LogP contribution >= 0.6 is 27.7 Å². The predicted octanol–water partition coefficient (Wildman–Crippen LogP) is 2.98. The minimum absolute atomic E-state index is 0.0988. The van der Waals surface area contributed by atoms with Gasteiger partial charge in [-0.15, -0.1) is 0 Å². The molecule has 0 N–H and O–H groups in total. The molecule has 0 aliphatic rings. The van der Waals surface area contributed by atoms with Gasteiger partial charge in [0, 0.05) is 6.07 Å². The van der Waals surface area contributed by atoms with Crippen molar-refractivity contribution >= 4 is 27.7 Å². The molecule has 2 nitrogen and oxygen atoms in total. The largest absolute Gasteiger partial charge is 0.433 e. The Labute approximate surface area is 85.1 Å². The molecule has 1 aromatic rings. The van der Waals surface area contributed by atoms with Crippen molar-refractivity contribution in [2.45, 2.75) is 11.3 Å². The summed E-state index contributed by atoms with van der Waals surface area (Å²) in [5.41, 5.74) is -0.932. The van der Waals surface area contributed by atoms with E-state index in [0.717, 1.165) is 17.8 Å². The molecule has 0 radical (unpaired) electrons. The van der Waals surface area contributed by atoms with Crippen LogP contribution in [-0.2, 0) is 6.18 Å². The predicted molar refractivity (Wildman–Crippen MR) is 46.5 cm³/mol. The number of thioether (sulfide) groups is 1. The van der Waals surface area contributed by atoms with Crippen molar-refractivity contribution in [1.29, 1.82) is 0 Å². The van der Waals surface area contributed by atoms with Gasteiger partial charge in [-0.2, -0.15) is 13.2 Å². The first-order chi connectivity index (χ1) is 5.93. The molecule has 0 aliphatic carbocycles. The summed E-state index contributed by atoms with van der Waals surface area (Å²) in [6.45, 7) is 0. The molecular formula is C6H4BrF3N2S. The van der Waals surface area contributed by atoms with E-state index in [0.29, 0.717) is 0 Å². The Hall–Kier alpha value is -0.300. The van der Waals surface area contributed by atoms with Gasteiger partial charge in [0.25, 0.3) is 0 Å². The summed E-state index contributed by atoms with van der Waals surface area (Å²) in [7, 11) is 0. The van der Waals surface area contributed by atoms with Gasteiger partial charge in [0.1, 0.15) is 10.3 Å². The number of halogens is 4. The van der Waals surface area contributed by atoms with Crippen LogP contribution in [0.25, 0.3) is 0 Å². The van der Waals surface area contributed by atoms with E-state index >= 15 is 0 Å². The number of hydrogen-bond donors (Lipinski definition) is 0. The quantitative estimate of drug-likeness (QED) is 0.447. The lowest BCUT2D eigenvalue weighted by Crippen LogP contribution is -2.09. The van der Waals surface area contributed by atoms with Crippen molar-refractivity contribution in [2.24, 2.45) is 0 Å². The minimum atomic E-state index is -4.42. The van der Waals surface area contributed by atoms with Crippen molar-refractivity contribution in [1.82, 2.24) is 9.97 Å². The standard InChI is InChI=1S/C6H4BrF3N2S/c1-13-5-11-3(6(8,9)10)2-4(7)12-5/h2H,1H3. The fourth-order valence-corrected chi connectivity index (χ4v) is 1.51. The van der Waals surface area contributed by atoms with Crippen LogP contribution < -0.4 is 0 Å². The van der Waals surface area contributed by atoms with Gasteiger partial charge in [-0.3, -0.25) is 0 Å². The van der Waals surface area contributed by atoms with E-state index in [1.807, 2.05) is 0 Å². The first-order valence-electron chi connectivity index (χ1n) is 3.09. The van der Waals surface area contributed by atoms with E-state index in [1.54, 1.807) is 6.26 Å². The number of aromatic nitrogens is 2. The zero-order valence-corrected chi connectivity index (χ0v) is 8.79. The normalized spacial score (nSPS) is 11.8. The van der Waals surface area contributed by atoms with Crippen LogP contribution in [0.4, 0.5) is 13.2 Å². The summed E-state index contributed by atoms with van der Waals surface area (Å²) in [4.78, 5) is 7.05. The Balaban J connectivity index is 3.16. The van der Waals surface area contributed by atoms with Crippen LogP contribution in [-0.4, -0.2) is 16.2 Å². The van der Waals surface area contributed by atoms with Crippen molar-refractivity contribution < 1.29 is 13.2 Å². The van der Waals surface area contributed by atoms with Crippen molar-refractivity contribution in [3.63, 3.8) is 0 Å². The molecule has 0 unspecified atom stereocenters. The van der Waals surface area contributed by atoms with Gasteiger partial charge in [0.15, 0.2) is 5.16 Å². The van der Waals surface area contributed by atoms with Crippen LogP contribution in [0.5, 0.6) is 0 Å². The SMILES string of the molecule is CSc1nc(Br)cc(C(F)(F)F)n1. The number of nitrogens with zero attached hydrogens (tertiary/aromatic N) is 2. The Morgan fingerprint density at radius 2 is 2.00 bits per heavy atom. The lowest BCUT2D eigenvalue weighted by atomic mass is 10.4. The average Bonchev–Trinajstić information content (AvgIpc) is 2.01. The fourth-order valence-electron chi connectivity index (χ4n) is 0.633. The maximum Gasteiger partial charge on any atom is 0.433 e. The molecule has 1 heterocycles. The second-order valence-corrected chi connectivity index (χ2v) is 3.65. The zero-order valence-electron chi connectivity index (χ0n) is 6.39. The maximum atomic E-state index is 12.2. The van der Waals surface area contributed by atoms with E-state index < -0.39 is 11.9 Å². The van der Waals surface area contributed by atoms with Gasteiger partial charge < -0.3 is 0 Å². The molecule has 0 aliphatic heterocycles. The molecule has 0 saturated carbocycles. The van der Waals surface area contributed by atoms with Gasteiger partial charge in [0.05, 0.1) is 0 Å². The van der Waals surface area contributed by atoms with E-state index in [2.05, 4.69) is 25.9 Å². The Kier molecular flexibility index (Phi) is 3.18. The first kappa shape index (κ1) is 10.8. The number of rotatable bonds is 1. The summed E-state index contributed by atoms with van der Waals surface area (Å²) >= 11 is 3.94. The van der Waals surface area contributed by atoms with Crippen LogP contribution in [0.15, 0.2) is 15.8 Å². The minimum Gasteiger partial charge on any atom is -0.218 e. The molecular weight excluding hydrogens is 269 g/mol. The van der Waals surface area contributed by atoms with Crippen molar-refractivity contribution in [3.05, 3.63) is 16.4 Å². The summed E-state index contributed by atoms with van der Waals surface area (Å²) in [6.07, 6.45) is -2.81. The molecule has 0 saturated heterocycles. The van der Waals surface area contributed by atoms with Gasteiger partial charge in [-0.05, 0) is 22.2 Å². The third-order valence-electron chi connectivity index (χ3n) is 1.15. The highest BCUT2D eigenvalue weighted by Gasteiger charge is 2.33. The van der Waals surface area contributed by atoms with Crippen LogP contribution in [0.3, 0.4) is 0 Å². The molecule has 0 atom stereocenters. The highest BCUT2D eigenvalue weighted by Crippen LogP contribution is 2.29. The zero-order chi connectivity index (χ0) is 10.1. The lowest BCUT2D eigenvalue weighted by Gasteiger charge is -2.06. The highest BCUT2D eigenvalue weighted by atomic mass is 79.9. The molecule has 13 heavy (non-hydrogen) atoms. The maximum absolute atomic E-state index is 12.2. The molecule has 0 aromatic carbocycles. The summed E-state index contributed by atoms with van der Waals surface area (Å²) in [5, 5.41) is 0.0988.